The zero-order valence-electron chi connectivity index (χ0n) is 70.3. The summed E-state index contributed by atoms with van der Waals surface area (Å²) in [6.07, 6.45) is 20.2. The van der Waals surface area contributed by atoms with Crippen molar-refractivity contribution in [3.05, 3.63) is 382 Å². The highest BCUT2D eigenvalue weighted by Gasteiger charge is 2.36. The first-order valence-corrected chi connectivity index (χ1v) is 42.5. The number of amides is 8. The van der Waals surface area contributed by atoms with Gasteiger partial charge in [0.1, 0.15) is 23.3 Å². The van der Waals surface area contributed by atoms with Gasteiger partial charge in [-0.25, -0.2) is 17.6 Å². The maximum atomic E-state index is 13.6. The van der Waals surface area contributed by atoms with E-state index < -0.39 is 24.2 Å². The van der Waals surface area contributed by atoms with Crippen molar-refractivity contribution in [3.63, 3.8) is 0 Å². The van der Waals surface area contributed by atoms with Crippen LogP contribution in [-0.2, 0) is 19.2 Å². The molecule has 4 aromatic heterocycles. The van der Waals surface area contributed by atoms with Gasteiger partial charge in [0.25, 0.3) is 23.6 Å². The Labute approximate surface area is 739 Å². The lowest BCUT2D eigenvalue weighted by atomic mass is 10.0. The maximum Gasteiger partial charge on any atom is 0.255 e. The second-order valence-corrected chi connectivity index (χ2v) is 31.7. The van der Waals surface area contributed by atoms with Gasteiger partial charge in [0.15, 0.2) is 0 Å². The summed E-state index contributed by atoms with van der Waals surface area (Å²) in [6.45, 7) is 2.56. The van der Waals surface area contributed by atoms with E-state index in [0.29, 0.717) is 71.2 Å². The van der Waals surface area contributed by atoms with Crippen molar-refractivity contribution < 1.29 is 55.9 Å². The Morgan fingerprint density at radius 2 is 0.469 bits per heavy atom. The zero-order chi connectivity index (χ0) is 90.0. The van der Waals surface area contributed by atoms with Crippen LogP contribution in [0.15, 0.2) is 292 Å². The minimum atomic E-state index is -0.492. The second kappa shape index (κ2) is 44.5. The summed E-state index contributed by atoms with van der Waals surface area (Å²) in [7, 11) is 0. The van der Waals surface area contributed by atoms with E-state index in [1.807, 2.05) is 24.3 Å². The SMILES string of the molecule is N[C@@H](CC(=O)N1CCC[C@@H]1c1cccc(F)c1)c1ccc(C(=O)Nc2ccncc2)cc1.N[C@@H](CC(=O)N1CCC[C@H]1c1cccc(F)c1)c1ccc(C(=O)Nc2ccncc2)cc1.N[C@H](CC(=O)N1CCC[C@@H]1c1cccc(F)c1)c1ccc(C(=O)Nc2ccncc2)cc1.N[C@H](CC(=O)N1CCC[C@H]1c1cccc(F)c1)c1ccc(C(=O)Nc2ccncc2)cc1. The number of hydrogen-bond donors (Lipinski definition) is 8. The number of nitrogens with zero attached hydrogens (tertiary/aromatic N) is 8. The molecule has 4 aliphatic rings. The summed E-state index contributed by atoms with van der Waals surface area (Å²) in [5.41, 5.74) is 36.2. The molecule has 8 atom stereocenters. The first-order chi connectivity index (χ1) is 62.0. The topological polar surface area (TPSA) is 353 Å². The molecule has 24 nitrogen and oxygen atoms in total. The van der Waals surface area contributed by atoms with Crippen molar-refractivity contribution >= 4 is 70.0 Å². The number of halogens is 4. The van der Waals surface area contributed by atoms with Crippen LogP contribution in [0.2, 0.25) is 0 Å². The largest absolute Gasteiger partial charge is 0.336 e. The number of nitrogens with one attached hydrogen (secondary N) is 4. The molecule has 128 heavy (non-hydrogen) atoms. The molecule has 12 aromatic rings. The maximum absolute atomic E-state index is 13.6. The molecule has 12 N–H and O–H groups in total. The fraction of sp³-hybridized carbons (Fsp3) is 0.240. The number of rotatable bonds is 24. The Balaban J connectivity index is 0.000000146. The van der Waals surface area contributed by atoms with Crippen molar-refractivity contribution in [2.45, 2.75) is 125 Å². The van der Waals surface area contributed by atoms with Gasteiger partial charge in [-0.15, -0.1) is 0 Å². The predicted octanol–water partition coefficient (Wildman–Crippen LogP) is 16.9. The van der Waals surface area contributed by atoms with Crippen LogP contribution in [0.25, 0.3) is 0 Å². The molecule has 0 aliphatic carbocycles. The highest BCUT2D eigenvalue weighted by atomic mass is 19.1. The van der Waals surface area contributed by atoms with Crippen LogP contribution in [0, 0.1) is 23.3 Å². The monoisotopic (exact) mass is 1730 g/mol. The van der Waals surface area contributed by atoms with E-state index in [1.165, 1.54) is 48.5 Å². The van der Waals surface area contributed by atoms with Crippen LogP contribution in [-0.4, -0.2) is 113 Å². The van der Waals surface area contributed by atoms with Crippen LogP contribution >= 0.6 is 0 Å². The zero-order valence-corrected chi connectivity index (χ0v) is 70.3. The van der Waals surface area contributed by atoms with Crippen LogP contribution in [0.1, 0.15) is 211 Å². The summed E-state index contributed by atoms with van der Waals surface area (Å²) in [5, 5.41) is 11.2. The molecule has 0 radical (unpaired) electrons. The minimum absolute atomic E-state index is 0.0521. The summed E-state index contributed by atoms with van der Waals surface area (Å²) >= 11 is 0. The third-order valence-electron chi connectivity index (χ3n) is 23.0. The number of benzene rings is 8. The van der Waals surface area contributed by atoms with Crippen molar-refractivity contribution in [3.8, 4) is 0 Å². The number of carbonyl (C=O) groups is 8. The van der Waals surface area contributed by atoms with Crippen molar-refractivity contribution in [2.75, 3.05) is 47.4 Å². The van der Waals surface area contributed by atoms with E-state index in [0.717, 1.165) is 95.9 Å². The average Bonchev–Trinajstić information content (AvgIpc) is 1.68. The van der Waals surface area contributed by atoms with Crippen molar-refractivity contribution in [2.24, 2.45) is 22.9 Å². The van der Waals surface area contributed by atoms with Crippen molar-refractivity contribution in [1.29, 1.82) is 0 Å². The van der Waals surface area contributed by atoms with Crippen LogP contribution < -0.4 is 44.2 Å². The predicted molar refractivity (Wildman–Crippen MR) is 481 cm³/mol. The lowest BCUT2D eigenvalue weighted by Gasteiger charge is -2.26. The van der Waals surface area contributed by atoms with Gasteiger partial charge >= 0.3 is 0 Å². The average molecular weight is 1730 g/mol. The first-order valence-electron chi connectivity index (χ1n) is 42.5. The number of anilines is 4. The lowest BCUT2D eigenvalue weighted by molar-refractivity contribution is -0.133. The van der Waals surface area contributed by atoms with Gasteiger partial charge in [0, 0.05) is 171 Å². The number of nitrogens with two attached hydrogens (primary N) is 4. The molecular formula is C100H100F4N16O8. The number of hydrogen-bond acceptors (Lipinski definition) is 16. The molecule has 0 saturated carbocycles. The van der Waals surface area contributed by atoms with Gasteiger partial charge in [-0.3, -0.25) is 58.3 Å². The minimum Gasteiger partial charge on any atom is -0.336 e. The quantitative estimate of drug-likeness (QED) is 0.0261. The number of pyridine rings is 4. The van der Waals surface area contributed by atoms with Gasteiger partial charge in [-0.05, 0) is 241 Å². The van der Waals surface area contributed by atoms with Crippen LogP contribution in [0.4, 0.5) is 40.3 Å². The van der Waals surface area contributed by atoms with Crippen LogP contribution in [0.5, 0.6) is 0 Å². The number of carbonyl (C=O) groups excluding carboxylic acids is 8. The highest BCUT2D eigenvalue weighted by Crippen LogP contribution is 2.39. The molecule has 0 bridgehead atoms. The summed E-state index contributed by atoms with van der Waals surface area (Å²) < 4.78 is 54.5. The van der Waals surface area contributed by atoms with E-state index in [2.05, 4.69) is 41.2 Å². The molecule has 0 unspecified atom stereocenters. The smallest absolute Gasteiger partial charge is 0.255 e. The number of likely N-dealkylation sites (tertiary alicyclic amines) is 4. The molecule has 4 saturated heterocycles. The fourth-order valence-corrected chi connectivity index (χ4v) is 16.3. The van der Waals surface area contributed by atoms with E-state index in [9.17, 15) is 55.9 Å². The summed E-state index contributed by atoms with van der Waals surface area (Å²) in [5.74, 6) is -2.34. The van der Waals surface area contributed by atoms with Gasteiger partial charge in [-0.1, -0.05) is 97.1 Å². The summed E-state index contributed by atoms with van der Waals surface area (Å²) in [6, 6.07) is 64.7. The molecule has 4 aliphatic heterocycles. The molecule has 8 amide bonds. The Bertz CT molecular complexity index is 5060. The normalized spacial score (nSPS) is 16.6. The van der Waals surface area contributed by atoms with Gasteiger partial charge in [0.2, 0.25) is 23.6 Å². The first kappa shape index (κ1) is 91.4. The Hall–Kier alpha value is -14.3. The molecule has 8 aromatic carbocycles. The second-order valence-electron chi connectivity index (χ2n) is 31.7. The van der Waals surface area contributed by atoms with E-state index in [4.69, 9.17) is 22.9 Å². The Kier molecular flexibility index (Phi) is 31.8. The molecule has 8 heterocycles. The molecule has 28 heteroatoms. The third-order valence-corrected chi connectivity index (χ3v) is 23.0. The lowest BCUT2D eigenvalue weighted by Crippen LogP contribution is -2.33. The standard InChI is InChI=1S/4C25H25FN4O2/c4*26-20-4-1-3-19(15-20)23-5-2-14-30(23)24(31)16-22(27)17-6-8-18(9-7-17)25(32)29-21-10-12-28-13-11-21/h4*1,3-4,6-13,15,22-23H,2,5,14,16,27H2,(H,28,29,32)/t2*22-,23+;2*22-,23-/m1010/s1. The van der Waals surface area contributed by atoms with Gasteiger partial charge in [-0.2, -0.15) is 0 Å². The van der Waals surface area contributed by atoms with E-state index in [1.54, 1.807) is 239 Å². The molecule has 656 valence electrons. The van der Waals surface area contributed by atoms with Gasteiger partial charge < -0.3 is 63.8 Å². The molecule has 0 spiro atoms. The third kappa shape index (κ3) is 25.1. The van der Waals surface area contributed by atoms with Gasteiger partial charge in [0.05, 0.1) is 24.2 Å². The number of aromatic nitrogens is 4. The fourth-order valence-electron chi connectivity index (χ4n) is 16.3. The Morgan fingerprint density at radius 3 is 0.648 bits per heavy atom. The summed E-state index contributed by atoms with van der Waals surface area (Å²) in [4.78, 5) is 124. The van der Waals surface area contributed by atoms with E-state index in [-0.39, 0.29) is 120 Å². The Morgan fingerprint density at radius 1 is 0.281 bits per heavy atom. The molecule has 4 fully saturated rings. The van der Waals surface area contributed by atoms with Crippen LogP contribution in [0.3, 0.4) is 0 Å². The highest BCUT2D eigenvalue weighted by molar-refractivity contribution is 6.06. The molecule has 16 rings (SSSR count). The van der Waals surface area contributed by atoms with E-state index >= 15 is 0 Å². The molecular weight excluding hydrogens is 1630 g/mol. The van der Waals surface area contributed by atoms with Crippen molar-refractivity contribution in [1.82, 2.24) is 39.5 Å².